The predicted octanol–water partition coefficient (Wildman–Crippen LogP) is 2.71. The van der Waals surface area contributed by atoms with Crippen molar-refractivity contribution in [3.05, 3.63) is 46.7 Å². The van der Waals surface area contributed by atoms with Crippen LogP contribution in [0, 0.1) is 6.92 Å². The minimum Gasteiger partial charge on any atom is -0.467 e. The van der Waals surface area contributed by atoms with E-state index < -0.39 is 6.04 Å². The van der Waals surface area contributed by atoms with Crippen LogP contribution in [0.5, 0.6) is 0 Å². The van der Waals surface area contributed by atoms with E-state index in [9.17, 15) is 4.79 Å². The quantitative estimate of drug-likeness (QED) is 0.881. The van der Waals surface area contributed by atoms with Crippen molar-refractivity contribution < 1.29 is 9.53 Å². The Morgan fingerprint density at radius 3 is 2.70 bits per heavy atom. The fourth-order valence-corrected chi connectivity index (χ4v) is 2.10. The van der Waals surface area contributed by atoms with Crippen LogP contribution in [-0.4, -0.2) is 22.9 Å². The van der Waals surface area contributed by atoms with Gasteiger partial charge in [0.05, 0.1) is 24.0 Å². The average molecular weight is 294 g/mol. The van der Waals surface area contributed by atoms with Crippen LogP contribution >= 0.6 is 11.6 Å². The van der Waals surface area contributed by atoms with Crippen LogP contribution in [0.2, 0.25) is 5.02 Å². The van der Waals surface area contributed by atoms with Gasteiger partial charge in [0, 0.05) is 18.3 Å². The number of rotatable bonds is 4. The van der Waals surface area contributed by atoms with Gasteiger partial charge in [-0.15, -0.1) is 0 Å². The van der Waals surface area contributed by atoms with Crippen LogP contribution in [0.3, 0.4) is 0 Å². The largest absolute Gasteiger partial charge is 0.467 e. The molecule has 5 nitrogen and oxygen atoms in total. The van der Waals surface area contributed by atoms with Crippen molar-refractivity contribution in [3.8, 4) is 0 Å². The van der Waals surface area contributed by atoms with E-state index in [2.05, 4.69) is 10.4 Å². The molecule has 1 atom stereocenters. The molecule has 0 radical (unpaired) electrons. The normalized spacial score (nSPS) is 12.0. The van der Waals surface area contributed by atoms with Crippen molar-refractivity contribution >= 4 is 23.3 Å². The number of para-hydroxylation sites is 1. The molecule has 0 fully saturated rings. The summed E-state index contributed by atoms with van der Waals surface area (Å²) in [5.41, 5.74) is 2.33. The topological polar surface area (TPSA) is 56.1 Å². The maximum Gasteiger partial charge on any atom is 0.333 e. The van der Waals surface area contributed by atoms with Gasteiger partial charge in [0.25, 0.3) is 0 Å². The number of anilines is 1. The average Bonchev–Trinajstić information content (AvgIpc) is 2.77. The van der Waals surface area contributed by atoms with Gasteiger partial charge in [0.1, 0.15) is 0 Å². The number of methoxy groups -OCH3 is 1. The number of hydrogen-bond acceptors (Lipinski definition) is 4. The fraction of sp³-hybridized carbons (Fsp3) is 0.286. The van der Waals surface area contributed by atoms with E-state index in [-0.39, 0.29) is 5.97 Å². The number of halogens is 1. The standard InChI is InChI=1S/C14H16ClN3O2/c1-9-10(8-16-18(9)2)13(14(19)20-3)17-12-7-5-4-6-11(12)15/h4-8,13,17H,1-3H3. The molecule has 0 spiro atoms. The number of aromatic nitrogens is 2. The van der Waals surface area contributed by atoms with Gasteiger partial charge in [0.15, 0.2) is 6.04 Å². The highest BCUT2D eigenvalue weighted by atomic mass is 35.5. The summed E-state index contributed by atoms with van der Waals surface area (Å²) < 4.78 is 6.57. The highest BCUT2D eigenvalue weighted by Crippen LogP contribution is 2.27. The van der Waals surface area contributed by atoms with E-state index in [0.717, 1.165) is 11.3 Å². The fourth-order valence-electron chi connectivity index (χ4n) is 1.91. The molecule has 1 aromatic heterocycles. The molecule has 0 saturated heterocycles. The number of ether oxygens (including phenoxy) is 1. The molecule has 0 saturated carbocycles. The number of aryl methyl sites for hydroxylation is 1. The number of carbonyl (C=O) groups is 1. The Morgan fingerprint density at radius 1 is 1.45 bits per heavy atom. The summed E-state index contributed by atoms with van der Waals surface area (Å²) in [5.74, 6) is -0.388. The third-order valence-electron chi connectivity index (χ3n) is 3.19. The first kappa shape index (κ1) is 14.4. The SMILES string of the molecule is COC(=O)C(Nc1ccccc1Cl)c1cnn(C)c1C. The molecule has 0 aliphatic heterocycles. The number of nitrogens with zero attached hydrogens (tertiary/aromatic N) is 2. The number of esters is 1. The van der Waals surface area contributed by atoms with E-state index in [4.69, 9.17) is 16.3 Å². The Hall–Kier alpha value is -2.01. The number of carbonyl (C=O) groups excluding carboxylic acids is 1. The Kier molecular flexibility index (Phi) is 4.29. The van der Waals surface area contributed by atoms with Gasteiger partial charge in [-0.2, -0.15) is 5.10 Å². The van der Waals surface area contributed by atoms with Crippen LogP contribution in [0.15, 0.2) is 30.5 Å². The molecule has 2 aromatic rings. The van der Waals surface area contributed by atoms with Crippen LogP contribution in [-0.2, 0) is 16.6 Å². The molecule has 0 bridgehead atoms. The van der Waals surface area contributed by atoms with Crippen LogP contribution in [0.1, 0.15) is 17.3 Å². The molecule has 0 aliphatic carbocycles. The summed E-state index contributed by atoms with van der Waals surface area (Å²) in [4.78, 5) is 12.0. The zero-order valence-electron chi connectivity index (χ0n) is 11.6. The number of benzene rings is 1. The molecule has 2 rings (SSSR count). The van der Waals surface area contributed by atoms with Crippen molar-refractivity contribution in [1.82, 2.24) is 9.78 Å². The molecule has 20 heavy (non-hydrogen) atoms. The number of nitrogens with one attached hydrogen (secondary N) is 1. The Morgan fingerprint density at radius 2 is 2.15 bits per heavy atom. The predicted molar refractivity (Wildman–Crippen MR) is 77.8 cm³/mol. The van der Waals surface area contributed by atoms with Gasteiger partial charge in [-0.3, -0.25) is 4.68 Å². The lowest BCUT2D eigenvalue weighted by molar-refractivity contribution is -0.141. The molecule has 106 valence electrons. The maximum atomic E-state index is 12.0. The highest BCUT2D eigenvalue weighted by molar-refractivity contribution is 6.33. The van der Waals surface area contributed by atoms with Crippen molar-refractivity contribution in [2.45, 2.75) is 13.0 Å². The molecule has 1 unspecified atom stereocenters. The molecule has 0 aliphatic rings. The Balaban J connectivity index is 2.37. The molecule has 1 heterocycles. The second-order valence-electron chi connectivity index (χ2n) is 4.39. The van der Waals surface area contributed by atoms with Crippen molar-refractivity contribution in [1.29, 1.82) is 0 Å². The van der Waals surface area contributed by atoms with Crippen molar-refractivity contribution in [2.24, 2.45) is 7.05 Å². The summed E-state index contributed by atoms with van der Waals surface area (Å²) >= 11 is 6.11. The molecular formula is C14H16ClN3O2. The lowest BCUT2D eigenvalue weighted by atomic mass is 10.1. The second-order valence-corrected chi connectivity index (χ2v) is 4.80. The monoisotopic (exact) mass is 293 g/mol. The Labute approximate surface area is 122 Å². The summed E-state index contributed by atoms with van der Waals surface area (Å²) in [6.45, 7) is 1.90. The summed E-state index contributed by atoms with van der Waals surface area (Å²) in [6.07, 6.45) is 1.65. The van der Waals surface area contributed by atoms with Crippen molar-refractivity contribution in [2.75, 3.05) is 12.4 Å². The Bertz CT molecular complexity index is 625. The van der Waals surface area contributed by atoms with Gasteiger partial charge in [-0.25, -0.2) is 4.79 Å². The van der Waals surface area contributed by atoms with E-state index in [1.54, 1.807) is 16.9 Å². The minimum absolute atomic E-state index is 0.388. The van der Waals surface area contributed by atoms with Crippen LogP contribution < -0.4 is 5.32 Å². The van der Waals surface area contributed by atoms with E-state index in [1.165, 1.54) is 7.11 Å². The van der Waals surface area contributed by atoms with Gasteiger partial charge < -0.3 is 10.1 Å². The number of hydrogen-bond donors (Lipinski definition) is 1. The van der Waals surface area contributed by atoms with Crippen LogP contribution in [0.4, 0.5) is 5.69 Å². The first-order valence-electron chi connectivity index (χ1n) is 6.12. The molecule has 1 aromatic carbocycles. The third-order valence-corrected chi connectivity index (χ3v) is 3.52. The van der Waals surface area contributed by atoms with Gasteiger partial charge in [-0.1, -0.05) is 23.7 Å². The van der Waals surface area contributed by atoms with Crippen molar-refractivity contribution in [3.63, 3.8) is 0 Å². The highest BCUT2D eigenvalue weighted by Gasteiger charge is 2.25. The maximum absolute atomic E-state index is 12.0. The lowest BCUT2D eigenvalue weighted by Crippen LogP contribution is -2.23. The first-order valence-corrected chi connectivity index (χ1v) is 6.49. The summed E-state index contributed by atoms with van der Waals surface area (Å²) in [6, 6.07) is 6.60. The molecule has 1 N–H and O–H groups in total. The minimum atomic E-state index is -0.645. The van der Waals surface area contributed by atoms with Crippen LogP contribution in [0.25, 0.3) is 0 Å². The third kappa shape index (κ3) is 2.77. The molecule has 0 amide bonds. The zero-order chi connectivity index (χ0) is 14.7. The molecule has 6 heteroatoms. The summed E-state index contributed by atoms with van der Waals surface area (Å²) in [7, 11) is 3.18. The van der Waals surface area contributed by atoms with E-state index in [0.29, 0.717) is 10.7 Å². The van der Waals surface area contributed by atoms with E-state index in [1.807, 2.05) is 32.2 Å². The van der Waals surface area contributed by atoms with Gasteiger partial charge >= 0.3 is 5.97 Å². The molecular weight excluding hydrogens is 278 g/mol. The lowest BCUT2D eigenvalue weighted by Gasteiger charge is -2.18. The summed E-state index contributed by atoms with van der Waals surface area (Å²) in [5, 5.41) is 7.81. The first-order chi connectivity index (χ1) is 9.54. The van der Waals surface area contributed by atoms with E-state index >= 15 is 0 Å². The zero-order valence-corrected chi connectivity index (χ0v) is 12.3. The second kappa shape index (κ2) is 5.96. The smallest absolute Gasteiger partial charge is 0.333 e. The van der Waals surface area contributed by atoms with Gasteiger partial charge in [-0.05, 0) is 19.1 Å². The van der Waals surface area contributed by atoms with Gasteiger partial charge in [0.2, 0.25) is 0 Å².